The van der Waals surface area contributed by atoms with Crippen molar-refractivity contribution in [3.05, 3.63) is 48.0 Å². The van der Waals surface area contributed by atoms with Gasteiger partial charge in [-0.05, 0) is 75.3 Å². The van der Waals surface area contributed by atoms with Crippen LogP contribution in [0.5, 0.6) is 0 Å². The molecule has 0 saturated carbocycles. The minimum Gasteiger partial charge on any atom is -0.481 e. The fraction of sp³-hybridized carbons (Fsp3) is 0.654. The van der Waals surface area contributed by atoms with Crippen molar-refractivity contribution in [3.8, 4) is 0 Å². The van der Waals surface area contributed by atoms with E-state index in [0.717, 1.165) is 38.5 Å². The van der Waals surface area contributed by atoms with E-state index in [1.165, 1.54) is 44.1 Å². The summed E-state index contributed by atoms with van der Waals surface area (Å²) in [6.45, 7) is 2.90. The molecule has 0 aromatic heterocycles. The van der Waals surface area contributed by atoms with Gasteiger partial charge in [0.1, 0.15) is 0 Å². The number of rotatable bonds is 18. The summed E-state index contributed by atoms with van der Waals surface area (Å²) in [7, 11) is 0. The van der Waals surface area contributed by atoms with Crippen LogP contribution in [0, 0.1) is 11.8 Å². The van der Waals surface area contributed by atoms with Gasteiger partial charge in [0.15, 0.2) is 0 Å². The van der Waals surface area contributed by atoms with Crippen molar-refractivity contribution in [3.63, 3.8) is 0 Å². The van der Waals surface area contributed by atoms with Crippen LogP contribution in [0.1, 0.15) is 89.5 Å². The first-order chi connectivity index (χ1) is 14.2. The number of carboxylic acids is 1. The average Bonchev–Trinajstić information content (AvgIpc) is 2.73. The van der Waals surface area contributed by atoms with Gasteiger partial charge in [-0.3, -0.25) is 4.79 Å². The van der Waals surface area contributed by atoms with Gasteiger partial charge in [-0.1, -0.05) is 75.1 Å². The molecule has 0 fully saturated rings. The Hall–Kier alpha value is -1.61. The van der Waals surface area contributed by atoms with E-state index in [1.54, 1.807) is 0 Å². The van der Waals surface area contributed by atoms with Crippen LogP contribution in [-0.4, -0.2) is 17.6 Å². The predicted molar refractivity (Wildman–Crippen MR) is 124 cm³/mol. The molecule has 0 saturated heterocycles. The fourth-order valence-electron chi connectivity index (χ4n) is 3.96. The van der Waals surface area contributed by atoms with Crippen molar-refractivity contribution in [2.75, 3.05) is 6.54 Å². The number of unbranched alkanes of at least 4 members (excludes halogenated alkanes) is 4. The molecule has 3 N–H and O–H groups in total. The maximum atomic E-state index is 10.9. The molecular weight excluding hydrogens is 358 g/mol. The van der Waals surface area contributed by atoms with E-state index in [0.29, 0.717) is 18.4 Å². The summed E-state index contributed by atoms with van der Waals surface area (Å²) in [6, 6.07) is 10.7. The first-order valence-electron chi connectivity index (χ1n) is 11.8. The Bertz CT molecular complexity index is 541. The van der Waals surface area contributed by atoms with E-state index in [1.807, 2.05) is 0 Å². The van der Waals surface area contributed by atoms with Crippen LogP contribution in [0.3, 0.4) is 0 Å². The van der Waals surface area contributed by atoms with Crippen molar-refractivity contribution >= 4 is 5.97 Å². The van der Waals surface area contributed by atoms with Gasteiger partial charge < -0.3 is 10.8 Å². The average molecular weight is 402 g/mol. The molecule has 0 bridgehead atoms. The van der Waals surface area contributed by atoms with E-state index in [2.05, 4.69) is 49.4 Å². The number of carboxylic acid groups (broad SMARTS) is 1. The van der Waals surface area contributed by atoms with Crippen LogP contribution in [0.25, 0.3) is 0 Å². The standard InChI is InChI=1S/C26H43NO2/c1-2-3-4-5-6-7-9-14-24(16-15-23-12-10-8-11-13-23)17-18-25(21-22-27)19-20-26(28)29/h7-13,24-25H,2-6,14-22,27H2,1H3,(H,28,29)/b9-7-/t24-,25-/m0/s1. The third-order valence-electron chi connectivity index (χ3n) is 5.87. The highest BCUT2D eigenvalue weighted by atomic mass is 16.4. The summed E-state index contributed by atoms with van der Waals surface area (Å²) < 4.78 is 0. The molecule has 0 amide bonds. The number of allylic oxidation sites excluding steroid dienone is 2. The number of aliphatic carboxylic acids is 1. The highest BCUT2D eigenvalue weighted by Crippen LogP contribution is 2.25. The monoisotopic (exact) mass is 401 g/mol. The van der Waals surface area contributed by atoms with Gasteiger partial charge in [0.25, 0.3) is 0 Å². The molecule has 0 aliphatic rings. The summed E-state index contributed by atoms with van der Waals surface area (Å²) >= 11 is 0. The molecule has 1 aromatic carbocycles. The smallest absolute Gasteiger partial charge is 0.303 e. The van der Waals surface area contributed by atoms with Crippen LogP contribution in [0.2, 0.25) is 0 Å². The number of carbonyl (C=O) groups is 1. The Morgan fingerprint density at radius 2 is 1.72 bits per heavy atom. The molecule has 3 nitrogen and oxygen atoms in total. The summed E-state index contributed by atoms with van der Waals surface area (Å²) in [5.74, 6) is 0.402. The van der Waals surface area contributed by atoms with E-state index in [4.69, 9.17) is 10.8 Å². The second-order valence-electron chi connectivity index (χ2n) is 8.40. The third-order valence-corrected chi connectivity index (χ3v) is 5.87. The molecule has 1 aromatic rings. The first-order valence-corrected chi connectivity index (χ1v) is 11.8. The highest BCUT2D eigenvalue weighted by molar-refractivity contribution is 5.66. The molecule has 164 valence electrons. The second-order valence-corrected chi connectivity index (χ2v) is 8.40. The fourth-order valence-corrected chi connectivity index (χ4v) is 3.96. The largest absolute Gasteiger partial charge is 0.481 e. The van der Waals surface area contributed by atoms with Crippen molar-refractivity contribution < 1.29 is 9.90 Å². The molecular formula is C26H43NO2. The van der Waals surface area contributed by atoms with Crippen LogP contribution in [0.15, 0.2) is 42.5 Å². The van der Waals surface area contributed by atoms with Crippen LogP contribution in [-0.2, 0) is 11.2 Å². The SMILES string of the molecule is CCCCCC/C=C\C[C@@H](CCc1ccccc1)CC[C@H](CCN)CCC(=O)O. The molecule has 0 unspecified atom stereocenters. The van der Waals surface area contributed by atoms with Crippen molar-refractivity contribution in [1.29, 1.82) is 0 Å². The molecule has 29 heavy (non-hydrogen) atoms. The molecule has 0 heterocycles. The Kier molecular flexibility index (Phi) is 15.1. The van der Waals surface area contributed by atoms with E-state index >= 15 is 0 Å². The van der Waals surface area contributed by atoms with Crippen molar-refractivity contribution in [1.82, 2.24) is 0 Å². The van der Waals surface area contributed by atoms with Gasteiger partial charge in [-0.15, -0.1) is 0 Å². The second kappa shape index (κ2) is 17.3. The summed E-state index contributed by atoms with van der Waals surface area (Å²) in [6.07, 6.45) is 18.9. The van der Waals surface area contributed by atoms with Gasteiger partial charge in [0.2, 0.25) is 0 Å². The zero-order valence-corrected chi connectivity index (χ0v) is 18.5. The summed E-state index contributed by atoms with van der Waals surface area (Å²) in [4.78, 5) is 10.9. The zero-order chi connectivity index (χ0) is 21.2. The van der Waals surface area contributed by atoms with E-state index in [-0.39, 0.29) is 6.42 Å². The van der Waals surface area contributed by atoms with Crippen molar-refractivity contribution in [2.45, 2.75) is 90.4 Å². The van der Waals surface area contributed by atoms with Crippen LogP contribution >= 0.6 is 0 Å². The molecule has 1 rings (SSSR count). The Morgan fingerprint density at radius 3 is 2.41 bits per heavy atom. The molecule has 2 atom stereocenters. The minimum absolute atomic E-state index is 0.261. The Balaban J connectivity index is 2.50. The van der Waals surface area contributed by atoms with Gasteiger partial charge in [0, 0.05) is 6.42 Å². The number of benzene rings is 1. The number of hydrogen-bond donors (Lipinski definition) is 2. The van der Waals surface area contributed by atoms with Crippen LogP contribution in [0.4, 0.5) is 0 Å². The summed E-state index contributed by atoms with van der Waals surface area (Å²) in [5, 5.41) is 9.00. The topological polar surface area (TPSA) is 63.3 Å². The number of hydrogen-bond acceptors (Lipinski definition) is 2. The van der Waals surface area contributed by atoms with Gasteiger partial charge in [-0.25, -0.2) is 0 Å². The maximum absolute atomic E-state index is 10.9. The lowest BCUT2D eigenvalue weighted by Gasteiger charge is -2.20. The quantitative estimate of drug-likeness (QED) is 0.211. The predicted octanol–water partition coefficient (Wildman–Crippen LogP) is 6.76. The molecule has 0 aliphatic carbocycles. The highest BCUT2D eigenvalue weighted by Gasteiger charge is 2.14. The van der Waals surface area contributed by atoms with Crippen molar-refractivity contribution in [2.24, 2.45) is 17.6 Å². The maximum Gasteiger partial charge on any atom is 0.303 e. The van der Waals surface area contributed by atoms with Gasteiger partial charge >= 0.3 is 5.97 Å². The van der Waals surface area contributed by atoms with Crippen LogP contribution < -0.4 is 5.73 Å². The molecule has 0 radical (unpaired) electrons. The Morgan fingerprint density at radius 1 is 0.966 bits per heavy atom. The molecule has 0 spiro atoms. The lowest BCUT2D eigenvalue weighted by molar-refractivity contribution is -0.137. The first kappa shape index (κ1) is 25.4. The van der Waals surface area contributed by atoms with E-state index < -0.39 is 5.97 Å². The third kappa shape index (κ3) is 14.1. The lowest BCUT2D eigenvalue weighted by Crippen LogP contribution is -2.13. The molecule has 0 aliphatic heterocycles. The normalized spacial score (nSPS) is 13.6. The molecule has 3 heteroatoms. The number of aryl methyl sites for hydroxylation is 1. The zero-order valence-electron chi connectivity index (χ0n) is 18.5. The Labute approximate surface area is 178 Å². The van der Waals surface area contributed by atoms with Gasteiger partial charge in [0.05, 0.1) is 0 Å². The summed E-state index contributed by atoms with van der Waals surface area (Å²) in [5.41, 5.74) is 7.17. The lowest BCUT2D eigenvalue weighted by atomic mass is 9.86. The minimum atomic E-state index is -0.696. The van der Waals surface area contributed by atoms with E-state index in [9.17, 15) is 4.79 Å². The van der Waals surface area contributed by atoms with Gasteiger partial charge in [-0.2, -0.15) is 0 Å². The number of nitrogens with two attached hydrogens (primary N) is 1.